The second kappa shape index (κ2) is 5.93. The summed E-state index contributed by atoms with van der Waals surface area (Å²) in [5.74, 6) is -0.190. The Morgan fingerprint density at radius 1 is 1.17 bits per heavy atom. The summed E-state index contributed by atoms with van der Waals surface area (Å²) in [6.45, 7) is 0. The first kappa shape index (κ1) is 12.3. The smallest absolute Gasteiger partial charge is 0.241 e. The average molecular weight is 241 g/mol. The highest BCUT2D eigenvalue weighted by atomic mass is 16.2. The Bertz CT molecular complexity index is 499. The molecule has 2 rings (SSSR count). The minimum atomic E-state index is -0.555. The van der Waals surface area contributed by atoms with Gasteiger partial charge in [0.05, 0.1) is 6.04 Å². The first-order chi connectivity index (χ1) is 8.75. The van der Waals surface area contributed by atoms with E-state index in [1.807, 2.05) is 30.3 Å². The van der Waals surface area contributed by atoms with Gasteiger partial charge >= 0.3 is 0 Å². The van der Waals surface area contributed by atoms with Gasteiger partial charge in [0.15, 0.2) is 0 Å². The van der Waals surface area contributed by atoms with Gasteiger partial charge < -0.3 is 11.1 Å². The number of hydrogen-bond acceptors (Lipinski definition) is 3. The molecule has 3 N–H and O–H groups in total. The van der Waals surface area contributed by atoms with E-state index in [4.69, 9.17) is 5.73 Å². The van der Waals surface area contributed by atoms with Crippen LogP contribution < -0.4 is 11.1 Å². The predicted octanol–water partition coefficient (Wildman–Crippen LogP) is 1.59. The van der Waals surface area contributed by atoms with Crippen LogP contribution >= 0.6 is 0 Å². The van der Waals surface area contributed by atoms with Crippen LogP contribution in [0.5, 0.6) is 0 Å². The number of nitrogens with one attached hydrogen (secondary N) is 1. The SMILES string of the molecule is N[C@@H](Cc1ccccc1)C(=O)Nc1ccncc1. The van der Waals surface area contributed by atoms with E-state index in [2.05, 4.69) is 10.3 Å². The number of rotatable bonds is 4. The number of carbonyl (C=O) groups is 1. The minimum absolute atomic E-state index is 0.190. The lowest BCUT2D eigenvalue weighted by atomic mass is 10.1. The monoisotopic (exact) mass is 241 g/mol. The molecule has 18 heavy (non-hydrogen) atoms. The number of carbonyl (C=O) groups excluding carboxylic acids is 1. The fraction of sp³-hybridized carbons (Fsp3) is 0.143. The molecule has 0 unspecified atom stereocenters. The molecular weight excluding hydrogens is 226 g/mol. The standard InChI is InChI=1S/C14H15N3O/c15-13(10-11-4-2-1-3-5-11)14(18)17-12-6-8-16-9-7-12/h1-9,13H,10,15H2,(H,16,17,18)/t13-/m0/s1. The molecule has 92 valence electrons. The number of nitrogens with two attached hydrogens (primary N) is 1. The van der Waals surface area contributed by atoms with Gasteiger partial charge in [0.25, 0.3) is 0 Å². The molecular formula is C14H15N3O. The lowest BCUT2D eigenvalue weighted by molar-refractivity contribution is -0.117. The molecule has 1 amide bonds. The molecule has 0 fully saturated rings. The zero-order chi connectivity index (χ0) is 12.8. The van der Waals surface area contributed by atoms with Gasteiger partial charge in [-0.25, -0.2) is 0 Å². The lowest BCUT2D eigenvalue weighted by Crippen LogP contribution is -2.37. The van der Waals surface area contributed by atoms with Crippen LogP contribution in [-0.2, 0) is 11.2 Å². The number of pyridine rings is 1. The van der Waals surface area contributed by atoms with Gasteiger partial charge in [-0.15, -0.1) is 0 Å². The van der Waals surface area contributed by atoms with Crippen LogP contribution in [0, 0.1) is 0 Å². The highest BCUT2D eigenvalue weighted by Crippen LogP contribution is 2.06. The maximum atomic E-state index is 11.9. The zero-order valence-corrected chi connectivity index (χ0v) is 9.91. The van der Waals surface area contributed by atoms with E-state index in [1.165, 1.54) is 0 Å². The molecule has 1 aromatic heterocycles. The van der Waals surface area contributed by atoms with Crippen LogP contribution in [0.3, 0.4) is 0 Å². The third-order valence-electron chi connectivity index (χ3n) is 2.58. The van der Waals surface area contributed by atoms with Crippen LogP contribution in [-0.4, -0.2) is 16.9 Å². The maximum absolute atomic E-state index is 11.9. The molecule has 0 aliphatic rings. The van der Waals surface area contributed by atoms with Crippen molar-refractivity contribution < 1.29 is 4.79 Å². The summed E-state index contributed by atoms with van der Waals surface area (Å²) in [7, 11) is 0. The van der Waals surface area contributed by atoms with Crippen molar-refractivity contribution >= 4 is 11.6 Å². The highest BCUT2D eigenvalue weighted by Gasteiger charge is 2.13. The van der Waals surface area contributed by atoms with Crippen molar-refractivity contribution in [2.45, 2.75) is 12.5 Å². The molecule has 0 radical (unpaired) electrons. The van der Waals surface area contributed by atoms with Crippen LogP contribution in [0.15, 0.2) is 54.9 Å². The van der Waals surface area contributed by atoms with Crippen molar-refractivity contribution in [3.8, 4) is 0 Å². The molecule has 0 aliphatic heterocycles. The number of amides is 1. The summed E-state index contributed by atoms with van der Waals surface area (Å²) in [6, 6.07) is 12.6. The second-order valence-corrected chi connectivity index (χ2v) is 4.02. The van der Waals surface area contributed by atoms with Crippen LogP contribution in [0.4, 0.5) is 5.69 Å². The predicted molar refractivity (Wildman–Crippen MR) is 71.0 cm³/mol. The van der Waals surface area contributed by atoms with Crippen molar-refractivity contribution in [3.63, 3.8) is 0 Å². The van der Waals surface area contributed by atoms with E-state index in [9.17, 15) is 4.79 Å². The Morgan fingerprint density at radius 2 is 1.83 bits per heavy atom. The molecule has 1 heterocycles. The van der Waals surface area contributed by atoms with Gasteiger partial charge in [-0.05, 0) is 24.1 Å². The van der Waals surface area contributed by atoms with E-state index >= 15 is 0 Å². The topological polar surface area (TPSA) is 68.0 Å². The summed E-state index contributed by atoms with van der Waals surface area (Å²) in [5.41, 5.74) is 7.63. The van der Waals surface area contributed by atoms with E-state index in [1.54, 1.807) is 24.5 Å². The Balaban J connectivity index is 1.93. The third kappa shape index (κ3) is 3.40. The zero-order valence-electron chi connectivity index (χ0n) is 9.91. The minimum Gasteiger partial charge on any atom is -0.325 e. The fourth-order valence-corrected chi connectivity index (χ4v) is 1.63. The van der Waals surface area contributed by atoms with Crippen molar-refractivity contribution in [1.29, 1.82) is 0 Å². The molecule has 0 bridgehead atoms. The molecule has 2 aromatic rings. The largest absolute Gasteiger partial charge is 0.325 e. The first-order valence-electron chi connectivity index (χ1n) is 5.76. The van der Waals surface area contributed by atoms with E-state index in [0.29, 0.717) is 12.1 Å². The van der Waals surface area contributed by atoms with Crippen molar-refractivity contribution in [3.05, 3.63) is 60.4 Å². The van der Waals surface area contributed by atoms with Gasteiger partial charge in [0.2, 0.25) is 5.91 Å². The summed E-state index contributed by atoms with van der Waals surface area (Å²) < 4.78 is 0. The van der Waals surface area contributed by atoms with Crippen molar-refractivity contribution in [2.75, 3.05) is 5.32 Å². The molecule has 4 heteroatoms. The molecule has 0 spiro atoms. The van der Waals surface area contributed by atoms with Crippen molar-refractivity contribution in [1.82, 2.24) is 4.98 Å². The molecule has 4 nitrogen and oxygen atoms in total. The van der Waals surface area contributed by atoms with Gasteiger partial charge in [0.1, 0.15) is 0 Å². The Hall–Kier alpha value is -2.20. The summed E-state index contributed by atoms with van der Waals surface area (Å²) in [6.07, 6.45) is 3.77. The Morgan fingerprint density at radius 3 is 2.50 bits per heavy atom. The van der Waals surface area contributed by atoms with E-state index in [0.717, 1.165) is 5.56 Å². The second-order valence-electron chi connectivity index (χ2n) is 4.02. The number of aromatic nitrogens is 1. The van der Waals surface area contributed by atoms with Gasteiger partial charge in [-0.2, -0.15) is 0 Å². The average Bonchev–Trinajstić information content (AvgIpc) is 2.41. The van der Waals surface area contributed by atoms with Gasteiger partial charge in [0, 0.05) is 18.1 Å². The van der Waals surface area contributed by atoms with Crippen LogP contribution in [0.1, 0.15) is 5.56 Å². The van der Waals surface area contributed by atoms with Gasteiger partial charge in [-0.1, -0.05) is 30.3 Å². The van der Waals surface area contributed by atoms with Gasteiger partial charge in [-0.3, -0.25) is 9.78 Å². The molecule has 1 atom stereocenters. The Kier molecular flexibility index (Phi) is 4.04. The highest BCUT2D eigenvalue weighted by molar-refractivity contribution is 5.94. The summed E-state index contributed by atoms with van der Waals surface area (Å²) in [4.78, 5) is 15.7. The van der Waals surface area contributed by atoms with Crippen molar-refractivity contribution in [2.24, 2.45) is 5.73 Å². The van der Waals surface area contributed by atoms with E-state index < -0.39 is 6.04 Å². The third-order valence-corrected chi connectivity index (χ3v) is 2.58. The van der Waals surface area contributed by atoms with E-state index in [-0.39, 0.29) is 5.91 Å². The van der Waals surface area contributed by atoms with Crippen LogP contribution in [0.2, 0.25) is 0 Å². The molecule has 1 aromatic carbocycles. The quantitative estimate of drug-likeness (QED) is 0.854. The number of hydrogen-bond donors (Lipinski definition) is 2. The lowest BCUT2D eigenvalue weighted by Gasteiger charge is -2.12. The number of benzene rings is 1. The number of anilines is 1. The molecule has 0 saturated carbocycles. The normalized spacial score (nSPS) is 11.8. The number of nitrogens with zero attached hydrogens (tertiary/aromatic N) is 1. The molecule has 0 saturated heterocycles. The maximum Gasteiger partial charge on any atom is 0.241 e. The summed E-state index contributed by atoms with van der Waals surface area (Å²) >= 11 is 0. The Labute approximate surface area is 106 Å². The fourth-order valence-electron chi connectivity index (χ4n) is 1.63. The molecule has 0 aliphatic carbocycles. The van der Waals surface area contributed by atoms with Crippen LogP contribution in [0.25, 0.3) is 0 Å². The summed E-state index contributed by atoms with van der Waals surface area (Å²) in [5, 5.41) is 2.76. The first-order valence-corrected chi connectivity index (χ1v) is 5.76.